The second-order valence-corrected chi connectivity index (χ2v) is 7.52. The number of aliphatic imine (C=N–C) groups is 1. The van der Waals surface area contributed by atoms with Crippen molar-refractivity contribution in [1.29, 1.82) is 0 Å². The third-order valence-corrected chi connectivity index (χ3v) is 5.26. The van der Waals surface area contributed by atoms with Gasteiger partial charge in [0.1, 0.15) is 12.4 Å². The van der Waals surface area contributed by atoms with E-state index in [0.717, 1.165) is 62.6 Å². The molecule has 0 radical (unpaired) electrons. The minimum absolute atomic E-state index is 0. The van der Waals surface area contributed by atoms with E-state index in [1.807, 2.05) is 24.3 Å². The maximum absolute atomic E-state index is 6.08. The predicted molar refractivity (Wildman–Crippen MR) is 134 cm³/mol. The molecule has 1 atom stereocenters. The lowest BCUT2D eigenvalue weighted by Gasteiger charge is -2.35. The zero-order valence-corrected chi connectivity index (χ0v) is 21.0. The number of nitrogens with one attached hydrogen (secondary N) is 2. The van der Waals surface area contributed by atoms with Gasteiger partial charge in [-0.1, -0.05) is 23.7 Å². The molecule has 31 heavy (non-hydrogen) atoms. The van der Waals surface area contributed by atoms with Gasteiger partial charge in [0.15, 0.2) is 5.96 Å². The molecule has 172 valence electrons. The van der Waals surface area contributed by atoms with Gasteiger partial charge >= 0.3 is 0 Å². The van der Waals surface area contributed by atoms with E-state index in [0.29, 0.717) is 13.2 Å². The standard InChI is InChI=1S/C22H31ClN4O3.HI/c1-24-22(25-9-3-12-29-17-20-4-2-13-30-20)26-16-21(27-10-14-28-15-11-27)18-5-7-19(23)8-6-18;/h2,4-8,13,21H,3,9-12,14-17H2,1H3,(H2,24,25,26);1H. The fourth-order valence-corrected chi connectivity index (χ4v) is 3.52. The van der Waals surface area contributed by atoms with Gasteiger partial charge in [-0.15, -0.1) is 24.0 Å². The molecular formula is C22H32ClIN4O3. The fourth-order valence-electron chi connectivity index (χ4n) is 3.39. The molecule has 2 aromatic rings. The summed E-state index contributed by atoms with van der Waals surface area (Å²) in [4.78, 5) is 6.79. The second-order valence-electron chi connectivity index (χ2n) is 7.08. The molecule has 1 unspecified atom stereocenters. The van der Waals surface area contributed by atoms with Crippen molar-refractivity contribution in [3.8, 4) is 0 Å². The molecule has 2 N–H and O–H groups in total. The number of guanidine groups is 1. The van der Waals surface area contributed by atoms with E-state index in [2.05, 4.69) is 32.7 Å². The Morgan fingerprint density at radius 1 is 1.19 bits per heavy atom. The van der Waals surface area contributed by atoms with E-state index in [4.69, 9.17) is 25.5 Å². The van der Waals surface area contributed by atoms with Gasteiger partial charge < -0.3 is 24.5 Å². The first kappa shape index (κ1) is 25.9. The van der Waals surface area contributed by atoms with Gasteiger partial charge in [0.05, 0.1) is 25.5 Å². The lowest BCUT2D eigenvalue weighted by molar-refractivity contribution is 0.0170. The Labute approximate surface area is 206 Å². The van der Waals surface area contributed by atoms with Crippen LogP contribution in [-0.4, -0.2) is 63.9 Å². The Morgan fingerprint density at radius 2 is 1.97 bits per heavy atom. The van der Waals surface area contributed by atoms with Crippen LogP contribution in [0.1, 0.15) is 23.8 Å². The molecule has 9 heteroatoms. The van der Waals surface area contributed by atoms with Crippen molar-refractivity contribution in [3.63, 3.8) is 0 Å². The summed E-state index contributed by atoms with van der Waals surface area (Å²) in [5.74, 6) is 1.63. The third-order valence-electron chi connectivity index (χ3n) is 5.01. The zero-order chi connectivity index (χ0) is 21.0. The summed E-state index contributed by atoms with van der Waals surface area (Å²) in [5.41, 5.74) is 1.23. The topological polar surface area (TPSA) is 71.3 Å². The summed E-state index contributed by atoms with van der Waals surface area (Å²) >= 11 is 6.08. The van der Waals surface area contributed by atoms with Crippen molar-refractivity contribution in [2.24, 2.45) is 4.99 Å². The highest BCUT2D eigenvalue weighted by Crippen LogP contribution is 2.23. The molecule has 0 amide bonds. The molecular weight excluding hydrogens is 531 g/mol. The van der Waals surface area contributed by atoms with E-state index in [1.54, 1.807) is 13.3 Å². The molecule has 1 saturated heterocycles. The number of hydrogen-bond acceptors (Lipinski definition) is 5. The number of rotatable bonds is 10. The van der Waals surface area contributed by atoms with Gasteiger partial charge in [0, 0.05) is 44.9 Å². The van der Waals surface area contributed by atoms with Gasteiger partial charge in [0.25, 0.3) is 0 Å². The average Bonchev–Trinajstić information content (AvgIpc) is 3.30. The lowest BCUT2D eigenvalue weighted by atomic mass is 10.0. The number of nitrogens with zero attached hydrogens (tertiary/aromatic N) is 2. The van der Waals surface area contributed by atoms with Crippen LogP contribution in [0.15, 0.2) is 52.1 Å². The van der Waals surface area contributed by atoms with E-state index < -0.39 is 0 Å². The summed E-state index contributed by atoms with van der Waals surface area (Å²) in [6.45, 7) is 6.03. The number of morpholine rings is 1. The Kier molecular flexibility index (Phi) is 12.3. The minimum atomic E-state index is 0. The zero-order valence-electron chi connectivity index (χ0n) is 17.9. The van der Waals surface area contributed by atoms with Crippen molar-refractivity contribution in [3.05, 3.63) is 59.0 Å². The quantitative estimate of drug-likeness (QED) is 0.199. The van der Waals surface area contributed by atoms with Crippen LogP contribution in [0.3, 0.4) is 0 Å². The van der Waals surface area contributed by atoms with Crippen LogP contribution < -0.4 is 10.6 Å². The largest absolute Gasteiger partial charge is 0.467 e. The molecule has 1 fully saturated rings. The lowest BCUT2D eigenvalue weighted by Crippen LogP contribution is -2.46. The monoisotopic (exact) mass is 562 g/mol. The second kappa shape index (κ2) is 14.7. The molecule has 2 heterocycles. The molecule has 1 aromatic heterocycles. The SMILES string of the molecule is CN=C(NCCCOCc1ccco1)NCC(c1ccc(Cl)cc1)N1CCOCC1.I. The number of benzene rings is 1. The highest BCUT2D eigenvalue weighted by Gasteiger charge is 2.22. The van der Waals surface area contributed by atoms with Gasteiger partial charge in [-0.25, -0.2) is 0 Å². The Hall–Kier alpha value is -1.33. The van der Waals surface area contributed by atoms with Gasteiger partial charge in [-0.3, -0.25) is 9.89 Å². The summed E-state index contributed by atoms with van der Waals surface area (Å²) in [6.07, 6.45) is 2.54. The molecule has 0 aliphatic carbocycles. The first-order valence-electron chi connectivity index (χ1n) is 10.4. The normalized spacial score (nSPS) is 15.9. The Morgan fingerprint density at radius 3 is 2.65 bits per heavy atom. The molecule has 7 nitrogen and oxygen atoms in total. The van der Waals surface area contributed by atoms with Crippen molar-refractivity contribution in [2.45, 2.75) is 19.1 Å². The maximum atomic E-state index is 6.08. The molecule has 0 bridgehead atoms. The van der Waals surface area contributed by atoms with Gasteiger partial charge in [-0.2, -0.15) is 0 Å². The van der Waals surface area contributed by atoms with Crippen LogP contribution in [-0.2, 0) is 16.1 Å². The molecule has 1 aliphatic heterocycles. The van der Waals surface area contributed by atoms with E-state index in [1.165, 1.54) is 5.56 Å². The first-order chi connectivity index (χ1) is 14.8. The van der Waals surface area contributed by atoms with Gasteiger partial charge in [0.2, 0.25) is 0 Å². The molecule has 0 spiro atoms. The van der Waals surface area contributed by atoms with Crippen LogP contribution in [0.2, 0.25) is 5.02 Å². The fraction of sp³-hybridized carbons (Fsp3) is 0.500. The number of hydrogen-bond donors (Lipinski definition) is 2. The highest BCUT2D eigenvalue weighted by atomic mass is 127. The van der Waals surface area contributed by atoms with E-state index >= 15 is 0 Å². The number of ether oxygens (including phenoxy) is 2. The summed E-state index contributed by atoms with van der Waals surface area (Å²) in [5, 5.41) is 7.56. The Balaban J connectivity index is 0.00000341. The van der Waals surface area contributed by atoms with Crippen LogP contribution in [0.4, 0.5) is 0 Å². The van der Waals surface area contributed by atoms with Crippen LogP contribution >= 0.6 is 35.6 Å². The van der Waals surface area contributed by atoms with E-state index in [-0.39, 0.29) is 30.0 Å². The van der Waals surface area contributed by atoms with Crippen molar-refractivity contribution < 1.29 is 13.9 Å². The van der Waals surface area contributed by atoms with Crippen LogP contribution in [0.25, 0.3) is 0 Å². The van der Waals surface area contributed by atoms with Crippen LogP contribution in [0.5, 0.6) is 0 Å². The van der Waals surface area contributed by atoms with Gasteiger partial charge in [-0.05, 0) is 36.2 Å². The third kappa shape index (κ3) is 8.97. The summed E-state index contributed by atoms with van der Waals surface area (Å²) in [6, 6.07) is 12.1. The first-order valence-corrected chi connectivity index (χ1v) is 10.8. The van der Waals surface area contributed by atoms with E-state index in [9.17, 15) is 0 Å². The molecule has 1 aliphatic rings. The predicted octanol–water partition coefficient (Wildman–Crippen LogP) is 3.70. The molecule has 0 saturated carbocycles. The molecule has 3 rings (SSSR count). The van der Waals surface area contributed by atoms with Crippen molar-refractivity contribution in [1.82, 2.24) is 15.5 Å². The van der Waals surface area contributed by atoms with Crippen molar-refractivity contribution >= 4 is 41.5 Å². The highest BCUT2D eigenvalue weighted by molar-refractivity contribution is 14.0. The van der Waals surface area contributed by atoms with Crippen molar-refractivity contribution in [2.75, 3.05) is 53.0 Å². The minimum Gasteiger partial charge on any atom is -0.467 e. The number of furan rings is 1. The van der Waals surface area contributed by atoms with Crippen LogP contribution in [0, 0.1) is 0 Å². The summed E-state index contributed by atoms with van der Waals surface area (Å²) in [7, 11) is 1.79. The number of halogens is 2. The summed E-state index contributed by atoms with van der Waals surface area (Å²) < 4.78 is 16.4. The smallest absolute Gasteiger partial charge is 0.191 e. The average molecular weight is 563 g/mol. The molecule has 1 aromatic carbocycles. The Bertz CT molecular complexity index is 753. The maximum Gasteiger partial charge on any atom is 0.191 e.